The minimum Gasteiger partial charge on any atom is -0.496 e. The van der Waals surface area contributed by atoms with E-state index in [1.807, 2.05) is 0 Å². The van der Waals surface area contributed by atoms with E-state index in [-0.39, 0.29) is 30.2 Å². The average molecular weight is 374 g/mol. The highest BCUT2D eigenvalue weighted by molar-refractivity contribution is 5.96. The van der Waals surface area contributed by atoms with E-state index in [0.29, 0.717) is 11.3 Å². The number of nitro groups is 1. The van der Waals surface area contributed by atoms with Gasteiger partial charge in [0.2, 0.25) is 0 Å². The number of carbonyl (C=O) groups is 2. The third kappa shape index (κ3) is 5.18. The van der Waals surface area contributed by atoms with Crippen molar-refractivity contribution >= 4 is 17.6 Å². The lowest BCUT2D eigenvalue weighted by Gasteiger charge is -2.10. The maximum absolute atomic E-state index is 12.1. The molecule has 0 aromatic heterocycles. The van der Waals surface area contributed by atoms with Gasteiger partial charge in [-0.05, 0) is 18.2 Å². The topological polar surface area (TPSA) is 117 Å². The zero-order valence-electron chi connectivity index (χ0n) is 14.8. The first kappa shape index (κ1) is 19.7. The van der Waals surface area contributed by atoms with Gasteiger partial charge in [0, 0.05) is 17.2 Å². The number of benzene rings is 2. The maximum Gasteiger partial charge on any atom is 0.325 e. The third-order valence-corrected chi connectivity index (χ3v) is 3.61. The molecule has 0 radical (unpaired) electrons. The van der Waals surface area contributed by atoms with Crippen LogP contribution in [0.4, 0.5) is 5.69 Å². The number of hydrogen-bond donors (Lipinski definition) is 1. The molecule has 2 aromatic rings. The summed E-state index contributed by atoms with van der Waals surface area (Å²) in [6.45, 7) is -0.388. The minimum absolute atomic E-state index is 0.00722. The van der Waals surface area contributed by atoms with E-state index >= 15 is 0 Å². The van der Waals surface area contributed by atoms with Gasteiger partial charge in [-0.3, -0.25) is 19.7 Å². The molecular weight excluding hydrogens is 356 g/mol. The molecule has 0 fully saturated rings. The molecule has 9 heteroatoms. The summed E-state index contributed by atoms with van der Waals surface area (Å²) >= 11 is 0. The number of nitrogens with one attached hydrogen (secondary N) is 1. The summed E-state index contributed by atoms with van der Waals surface area (Å²) in [6.07, 6.45) is 0. The van der Waals surface area contributed by atoms with E-state index < -0.39 is 16.8 Å². The van der Waals surface area contributed by atoms with E-state index in [9.17, 15) is 19.7 Å². The number of para-hydroxylation sites is 1. The average Bonchev–Trinajstić information content (AvgIpc) is 2.69. The molecule has 0 bridgehead atoms. The van der Waals surface area contributed by atoms with Crippen molar-refractivity contribution in [3.05, 3.63) is 63.7 Å². The lowest BCUT2D eigenvalue weighted by Crippen LogP contribution is -2.30. The molecule has 0 spiro atoms. The summed E-state index contributed by atoms with van der Waals surface area (Å²) in [5.41, 5.74) is 0.370. The Morgan fingerprint density at radius 2 is 1.78 bits per heavy atom. The molecule has 2 rings (SSSR count). The van der Waals surface area contributed by atoms with Gasteiger partial charge >= 0.3 is 11.7 Å². The van der Waals surface area contributed by atoms with Crippen LogP contribution in [0.2, 0.25) is 0 Å². The Kier molecular flexibility index (Phi) is 6.70. The van der Waals surface area contributed by atoms with Crippen LogP contribution in [0.25, 0.3) is 0 Å². The van der Waals surface area contributed by atoms with Crippen LogP contribution >= 0.6 is 0 Å². The number of carbonyl (C=O) groups excluding carboxylic acids is 2. The zero-order valence-corrected chi connectivity index (χ0v) is 14.8. The van der Waals surface area contributed by atoms with Crippen molar-refractivity contribution in [2.45, 2.75) is 6.61 Å². The van der Waals surface area contributed by atoms with Gasteiger partial charge in [0.25, 0.3) is 5.91 Å². The van der Waals surface area contributed by atoms with E-state index in [2.05, 4.69) is 5.32 Å². The number of amides is 1. The van der Waals surface area contributed by atoms with Crippen LogP contribution in [0.15, 0.2) is 42.5 Å². The number of nitrogens with zero attached hydrogens (tertiary/aromatic N) is 1. The number of nitro benzene ring substituents is 1. The minimum atomic E-state index is -0.656. The smallest absolute Gasteiger partial charge is 0.325 e. The molecule has 142 valence electrons. The molecule has 0 saturated carbocycles. The van der Waals surface area contributed by atoms with Crippen molar-refractivity contribution in [3.8, 4) is 11.5 Å². The van der Waals surface area contributed by atoms with Crippen LogP contribution in [0.1, 0.15) is 15.9 Å². The van der Waals surface area contributed by atoms with Crippen molar-refractivity contribution in [2.75, 3.05) is 20.8 Å². The number of methoxy groups -OCH3 is 2. The molecule has 0 aliphatic rings. The summed E-state index contributed by atoms with van der Waals surface area (Å²) in [6, 6.07) is 10.8. The van der Waals surface area contributed by atoms with E-state index in [1.54, 1.807) is 24.3 Å². The van der Waals surface area contributed by atoms with Crippen LogP contribution < -0.4 is 14.8 Å². The number of hydrogen-bond acceptors (Lipinski definition) is 7. The van der Waals surface area contributed by atoms with Gasteiger partial charge in [-0.2, -0.15) is 0 Å². The first-order valence-electron chi connectivity index (χ1n) is 7.84. The van der Waals surface area contributed by atoms with Crippen molar-refractivity contribution in [1.82, 2.24) is 5.32 Å². The van der Waals surface area contributed by atoms with Gasteiger partial charge in [-0.25, -0.2) is 0 Å². The highest BCUT2D eigenvalue weighted by Crippen LogP contribution is 2.27. The first-order chi connectivity index (χ1) is 13.0. The first-order valence-corrected chi connectivity index (χ1v) is 7.84. The molecule has 1 N–H and O–H groups in total. The number of rotatable bonds is 8. The Labute approximate surface area is 155 Å². The molecular formula is C18H18N2O7. The van der Waals surface area contributed by atoms with Crippen molar-refractivity contribution in [3.63, 3.8) is 0 Å². The van der Waals surface area contributed by atoms with Gasteiger partial charge < -0.3 is 19.5 Å². The number of ether oxygens (including phenoxy) is 3. The fraction of sp³-hybridized carbons (Fsp3) is 0.222. The molecule has 1 amide bonds. The van der Waals surface area contributed by atoms with E-state index in [4.69, 9.17) is 14.2 Å². The lowest BCUT2D eigenvalue weighted by atomic mass is 10.1. The largest absolute Gasteiger partial charge is 0.496 e. The molecule has 0 aliphatic carbocycles. The van der Waals surface area contributed by atoms with Crippen molar-refractivity contribution in [2.24, 2.45) is 0 Å². The van der Waals surface area contributed by atoms with Crippen LogP contribution in [0.5, 0.6) is 11.5 Å². The highest BCUT2D eigenvalue weighted by Gasteiger charge is 2.18. The van der Waals surface area contributed by atoms with Gasteiger partial charge in [0.1, 0.15) is 18.9 Å². The Balaban J connectivity index is 1.92. The Bertz CT molecular complexity index is 851. The normalized spacial score (nSPS) is 10.0. The predicted molar refractivity (Wildman–Crippen MR) is 94.8 cm³/mol. The second-order valence-electron chi connectivity index (χ2n) is 5.30. The number of esters is 1. The zero-order chi connectivity index (χ0) is 19.8. The molecule has 27 heavy (non-hydrogen) atoms. The molecule has 9 nitrogen and oxygen atoms in total. The summed E-state index contributed by atoms with van der Waals surface area (Å²) in [4.78, 5) is 34.3. The second kappa shape index (κ2) is 9.18. The fourth-order valence-corrected chi connectivity index (χ4v) is 2.26. The maximum atomic E-state index is 12.1. The Hall–Kier alpha value is -3.62. The van der Waals surface area contributed by atoms with Gasteiger partial charge in [0.05, 0.1) is 19.1 Å². The van der Waals surface area contributed by atoms with Crippen LogP contribution in [0.3, 0.4) is 0 Å². The van der Waals surface area contributed by atoms with Gasteiger partial charge in [0.15, 0.2) is 5.75 Å². The Morgan fingerprint density at radius 1 is 1.07 bits per heavy atom. The molecule has 0 aliphatic heterocycles. The van der Waals surface area contributed by atoms with Gasteiger partial charge in [-0.15, -0.1) is 0 Å². The van der Waals surface area contributed by atoms with Crippen LogP contribution in [0, 0.1) is 10.1 Å². The third-order valence-electron chi connectivity index (χ3n) is 3.61. The molecule has 0 heterocycles. The second-order valence-corrected chi connectivity index (χ2v) is 5.30. The SMILES string of the molecule is COc1ccccc1COC(=O)CNC(=O)c1ccc(OC)c([N+](=O)[O-])c1. The summed E-state index contributed by atoms with van der Waals surface area (Å²) in [7, 11) is 2.80. The van der Waals surface area contributed by atoms with Crippen molar-refractivity contribution in [1.29, 1.82) is 0 Å². The standard InChI is InChI=1S/C18H18N2O7/c1-25-15-6-4-3-5-13(15)11-27-17(21)10-19-18(22)12-7-8-16(26-2)14(9-12)20(23)24/h3-9H,10-11H2,1-2H3,(H,19,22). The lowest BCUT2D eigenvalue weighted by molar-refractivity contribution is -0.385. The van der Waals surface area contributed by atoms with Crippen LogP contribution in [-0.2, 0) is 16.1 Å². The van der Waals surface area contributed by atoms with E-state index in [1.165, 1.54) is 26.4 Å². The summed E-state index contributed by atoms with van der Waals surface area (Å²) < 4.78 is 15.1. The van der Waals surface area contributed by atoms with Crippen molar-refractivity contribution < 1.29 is 28.7 Å². The van der Waals surface area contributed by atoms with Gasteiger partial charge in [-0.1, -0.05) is 18.2 Å². The van der Waals surface area contributed by atoms with Crippen LogP contribution in [-0.4, -0.2) is 37.6 Å². The molecule has 0 unspecified atom stereocenters. The summed E-state index contributed by atoms with van der Waals surface area (Å²) in [5.74, 6) is -0.681. The molecule has 0 atom stereocenters. The molecule has 0 saturated heterocycles. The monoisotopic (exact) mass is 374 g/mol. The quantitative estimate of drug-likeness (QED) is 0.427. The predicted octanol–water partition coefficient (Wildman–Crippen LogP) is 2.09. The van der Waals surface area contributed by atoms with E-state index in [0.717, 1.165) is 6.07 Å². The highest BCUT2D eigenvalue weighted by atomic mass is 16.6. The Morgan fingerprint density at radius 3 is 2.44 bits per heavy atom. The molecule has 2 aromatic carbocycles. The summed E-state index contributed by atoms with van der Waals surface area (Å²) in [5, 5.41) is 13.4. The fourth-order valence-electron chi connectivity index (χ4n) is 2.26.